The molecule has 1 fully saturated rings. The fraction of sp³-hybridized carbons (Fsp3) is 0.562. The second-order valence-corrected chi connectivity index (χ2v) is 5.43. The van der Waals surface area contributed by atoms with Gasteiger partial charge in [-0.05, 0) is 43.2 Å². The molecule has 0 bridgehead atoms. The Morgan fingerprint density at radius 3 is 2.84 bits per heavy atom. The molecule has 2 rings (SSSR count). The number of hydrogen-bond donors (Lipinski definition) is 2. The van der Waals surface area contributed by atoms with Gasteiger partial charge in [-0.1, -0.05) is 31.2 Å². The van der Waals surface area contributed by atoms with Crippen molar-refractivity contribution in [3.05, 3.63) is 35.4 Å². The molecule has 1 aliphatic carbocycles. The summed E-state index contributed by atoms with van der Waals surface area (Å²) in [6.07, 6.45) is 2.46. The Kier molecular flexibility index (Phi) is 4.59. The Morgan fingerprint density at radius 2 is 2.21 bits per heavy atom. The summed E-state index contributed by atoms with van der Waals surface area (Å²) in [7, 11) is 0. The lowest BCUT2D eigenvalue weighted by atomic mass is 10.0. The van der Waals surface area contributed by atoms with Gasteiger partial charge in [0.1, 0.15) is 0 Å². The van der Waals surface area contributed by atoms with Crippen LogP contribution in [0.2, 0.25) is 0 Å². The van der Waals surface area contributed by atoms with E-state index in [0.29, 0.717) is 12.3 Å². The second-order valence-electron chi connectivity index (χ2n) is 5.43. The normalized spacial score (nSPS) is 22.9. The van der Waals surface area contributed by atoms with Crippen LogP contribution in [-0.2, 0) is 4.79 Å². The van der Waals surface area contributed by atoms with Gasteiger partial charge in [-0.15, -0.1) is 0 Å². The lowest BCUT2D eigenvalue weighted by Gasteiger charge is -2.15. The van der Waals surface area contributed by atoms with Crippen LogP contribution < -0.4 is 5.32 Å². The fourth-order valence-electron chi connectivity index (χ4n) is 2.67. The maximum Gasteiger partial charge on any atom is 0.223 e. The summed E-state index contributed by atoms with van der Waals surface area (Å²) in [4.78, 5) is 12.2. The smallest absolute Gasteiger partial charge is 0.223 e. The summed E-state index contributed by atoms with van der Waals surface area (Å²) in [5.74, 6) is 0.648. The van der Waals surface area contributed by atoms with Gasteiger partial charge >= 0.3 is 0 Å². The first-order valence-electron chi connectivity index (χ1n) is 7.14. The zero-order valence-corrected chi connectivity index (χ0v) is 11.7. The Labute approximate surface area is 115 Å². The Hall–Kier alpha value is -1.35. The van der Waals surface area contributed by atoms with Crippen LogP contribution in [0.4, 0.5) is 0 Å². The van der Waals surface area contributed by atoms with Crippen LogP contribution in [0.25, 0.3) is 0 Å². The molecule has 0 heterocycles. The minimum absolute atomic E-state index is 0.107. The number of aliphatic hydroxyl groups is 1. The molecule has 3 unspecified atom stereocenters. The van der Waals surface area contributed by atoms with Crippen molar-refractivity contribution in [1.29, 1.82) is 0 Å². The molecule has 3 nitrogen and oxygen atoms in total. The Bertz CT molecular complexity index is 444. The molecule has 1 aliphatic rings. The summed E-state index contributed by atoms with van der Waals surface area (Å²) in [5.41, 5.74) is 2.57. The highest BCUT2D eigenvalue weighted by molar-refractivity contribution is 5.83. The third-order valence-electron chi connectivity index (χ3n) is 4.03. The molecular weight excluding hydrogens is 238 g/mol. The maximum absolute atomic E-state index is 12.2. The van der Waals surface area contributed by atoms with Gasteiger partial charge in [-0.3, -0.25) is 4.79 Å². The maximum atomic E-state index is 12.2. The molecule has 19 heavy (non-hydrogen) atoms. The number of aryl methyl sites for hydroxylation is 1. The monoisotopic (exact) mass is 261 g/mol. The zero-order valence-electron chi connectivity index (χ0n) is 11.7. The van der Waals surface area contributed by atoms with Gasteiger partial charge in [0.15, 0.2) is 0 Å². The van der Waals surface area contributed by atoms with E-state index in [0.717, 1.165) is 12.8 Å². The van der Waals surface area contributed by atoms with Crippen molar-refractivity contribution in [3.63, 3.8) is 0 Å². The third kappa shape index (κ3) is 3.35. The molecule has 0 aromatic heterocycles. The van der Waals surface area contributed by atoms with Gasteiger partial charge in [0.2, 0.25) is 5.91 Å². The summed E-state index contributed by atoms with van der Waals surface area (Å²) in [6, 6.07) is 8.40. The van der Waals surface area contributed by atoms with Crippen LogP contribution in [0, 0.1) is 12.8 Å². The molecule has 0 spiro atoms. The number of carbonyl (C=O) groups excluding carboxylic acids is 1. The molecule has 2 N–H and O–H groups in total. The number of benzene rings is 1. The molecule has 0 radical (unpaired) electrons. The molecule has 0 saturated heterocycles. The van der Waals surface area contributed by atoms with Gasteiger partial charge in [0.25, 0.3) is 0 Å². The van der Waals surface area contributed by atoms with Crippen LogP contribution in [0.5, 0.6) is 0 Å². The topological polar surface area (TPSA) is 49.3 Å². The lowest BCUT2D eigenvalue weighted by molar-refractivity contribution is -0.123. The van der Waals surface area contributed by atoms with E-state index in [1.54, 1.807) is 0 Å². The molecule has 1 saturated carbocycles. The second kappa shape index (κ2) is 6.20. The van der Waals surface area contributed by atoms with Gasteiger partial charge in [-0.2, -0.15) is 0 Å². The van der Waals surface area contributed by atoms with E-state index in [1.807, 2.05) is 19.1 Å². The Balaban J connectivity index is 1.92. The van der Waals surface area contributed by atoms with Crippen LogP contribution in [0.15, 0.2) is 24.3 Å². The average Bonchev–Trinajstić information content (AvgIpc) is 3.19. The van der Waals surface area contributed by atoms with Crippen molar-refractivity contribution < 1.29 is 9.90 Å². The van der Waals surface area contributed by atoms with E-state index in [1.165, 1.54) is 11.1 Å². The summed E-state index contributed by atoms with van der Waals surface area (Å²) >= 11 is 0. The number of amides is 1. The standard InChI is InChI=1S/C16H23NO2/c1-3-12(8-9-18)17-16(19)15-10-14(15)13-7-5-4-6-11(13)2/h4-7,12,14-15,18H,3,8-10H2,1-2H3,(H,17,19). The molecule has 3 atom stereocenters. The highest BCUT2D eigenvalue weighted by atomic mass is 16.3. The minimum atomic E-state index is 0.107. The number of nitrogens with one attached hydrogen (secondary N) is 1. The number of aliphatic hydroxyl groups excluding tert-OH is 1. The number of hydrogen-bond acceptors (Lipinski definition) is 2. The van der Waals surface area contributed by atoms with Crippen molar-refractivity contribution in [3.8, 4) is 0 Å². The van der Waals surface area contributed by atoms with E-state index >= 15 is 0 Å². The van der Waals surface area contributed by atoms with Crippen molar-refractivity contribution in [2.75, 3.05) is 6.61 Å². The molecule has 1 amide bonds. The summed E-state index contributed by atoms with van der Waals surface area (Å²) in [6.45, 7) is 4.26. The van der Waals surface area contributed by atoms with Gasteiger partial charge < -0.3 is 10.4 Å². The highest BCUT2D eigenvalue weighted by Crippen LogP contribution is 2.48. The van der Waals surface area contributed by atoms with Crippen LogP contribution >= 0.6 is 0 Å². The van der Waals surface area contributed by atoms with Crippen molar-refractivity contribution in [2.45, 2.75) is 45.1 Å². The number of carbonyl (C=O) groups is 1. The van der Waals surface area contributed by atoms with E-state index in [9.17, 15) is 4.79 Å². The predicted molar refractivity (Wildman–Crippen MR) is 76.0 cm³/mol. The largest absolute Gasteiger partial charge is 0.396 e. The van der Waals surface area contributed by atoms with E-state index in [-0.39, 0.29) is 24.5 Å². The summed E-state index contributed by atoms with van der Waals surface area (Å²) in [5, 5.41) is 12.0. The summed E-state index contributed by atoms with van der Waals surface area (Å²) < 4.78 is 0. The van der Waals surface area contributed by atoms with Gasteiger partial charge in [0, 0.05) is 18.6 Å². The first kappa shape index (κ1) is 14.1. The first-order chi connectivity index (χ1) is 9.17. The molecule has 1 aromatic rings. The molecule has 3 heteroatoms. The number of rotatable bonds is 6. The zero-order chi connectivity index (χ0) is 13.8. The van der Waals surface area contributed by atoms with Gasteiger partial charge in [-0.25, -0.2) is 0 Å². The van der Waals surface area contributed by atoms with Gasteiger partial charge in [0.05, 0.1) is 0 Å². The van der Waals surface area contributed by atoms with Crippen molar-refractivity contribution >= 4 is 5.91 Å². The lowest BCUT2D eigenvalue weighted by Crippen LogP contribution is -2.36. The van der Waals surface area contributed by atoms with Crippen molar-refractivity contribution in [1.82, 2.24) is 5.32 Å². The molecular formula is C16H23NO2. The fourth-order valence-corrected chi connectivity index (χ4v) is 2.67. The third-order valence-corrected chi connectivity index (χ3v) is 4.03. The molecule has 104 valence electrons. The van der Waals surface area contributed by atoms with Crippen LogP contribution in [-0.4, -0.2) is 23.7 Å². The van der Waals surface area contributed by atoms with E-state index in [4.69, 9.17) is 5.11 Å². The molecule has 0 aliphatic heterocycles. The first-order valence-corrected chi connectivity index (χ1v) is 7.14. The Morgan fingerprint density at radius 1 is 1.47 bits per heavy atom. The molecule has 1 aromatic carbocycles. The SMILES string of the molecule is CCC(CCO)NC(=O)C1CC1c1ccccc1C. The van der Waals surface area contributed by atoms with Crippen molar-refractivity contribution in [2.24, 2.45) is 5.92 Å². The van der Waals surface area contributed by atoms with E-state index in [2.05, 4.69) is 24.4 Å². The average molecular weight is 261 g/mol. The highest BCUT2D eigenvalue weighted by Gasteiger charge is 2.44. The van der Waals surface area contributed by atoms with E-state index < -0.39 is 0 Å². The predicted octanol–water partition coefficient (Wildman–Crippen LogP) is 2.38. The van der Waals surface area contributed by atoms with Crippen LogP contribution in [0.1, 0.15) is 43.2 Å². The minimum Gasteiger partial charge on any atom is -0.396 e. The quantitative estimate of drug-likeness (QED) is 0.826. The van der Waals surface area contributed by atoms with Crippen LogP contribution in [0.3, 0.4) is 0 Å².